The summed E-state index contributed by atoms with van der Waals surface area (Å²) in [5.74, 6) is -1.96. The summed E-state index contributed by atoms with van der Waals surface area (Å²) < 4.78 is 0.941. The second kappa shape index (κ2) is 5.65. The fourth-order valence-electron chi connectivity index (χ4n) is 2.20. The Hall–Kier alpha value is -1.21. The Morgan fingerprint density at radius 2 is 1.80 bits per heavy atom. The Balaban J connectivity index is 2.60. The minimum Gasteiger partial charge on any atom is -0.478 e. The second-order valence-electron chi connectivity index (χ2n) is 4.73. The van der Waals surface area contributed by atoms with Crippen LogP contribution in [0, 0.1) is 5.92 Å². The molecular weight excluding hydrogens is 394 g/mol. The molecule has 0 radical (unpaired) electrons. The van der Waals surface area contributed by atoms with Crippen molar-refractivity contribution in [2.75, 3.05) is 4.90 Å². The van der Waals surface area contributed by atoms with Crippen LogP contribution in [0.5, 0.6) is 0 Å². The molecule has 2 rings (SSSR count). The van der Waals surface area contributed by atoms with Crippen LogP contribution in [0.25, 0.3) is 0 Å². The van der Waals surface area contributed by atoms with Crippen molar-refractivity contribution < 1.29 is 19.5 Å². The molecule has 1 heterocycles. The maximum atomic E-state index is 12.1. The van der Waals surface area contributed by atoms with Crippen LogP contribution >= 0.6 is 31.9 Å². The number of aromatic carboxylic acids is 1. The number of carboxylic acid groups (broad SMARTS) is 1. The van der Waals surface area contributed by atoms with E-state index in [0.29, 0.717) is 8.95 Å². The molecule has 1 saturated heterocycles. The predicted molar refractivity (Wildman–Crippen MR) is 79.7 cm³/mol. The number of piperidine rings is 1. The lowest BCUT2D eigenvalue weighted by molar-refractivity contribution is -0.130. The number of carbonyl (C=O) groups is 3. The van der Waals surface area contributed by atoms with E-state index in [2.05, 4.69) is 31.9 Å². The number of carbonyl (C=O) groups excluding carboxylic acids is 2. The van der Waals surface area contributed by atoms with Crippen LogP contribution in [0.2, 0.25) is 0 Å². The molecule has 1 fully saturated rings. The van der Waals surface area contributed by atoms with E-state index >= 15 is 0 Å². The first kappa shape index (κ1) is 15.2. The summed E-state index contributed by atoms with van der Waals surface area (Å²) in [6, 6.07) is 2.99. The lowest BCUT2D eigenvalue weighted by Gasteiger charge is -2.30. The third-order valence-electron chi connectivity index (χ3n) is 3.03. The van der Waals surface area contributed by atoms with Crippen LogP contribution in [0.4, 0.5) is 5.69 Å². The molecule has 0 saturated carbocycles. The van der Waals surface area contributed by atoms with Crippen molar-refractivity contribution in [1.82, 2.24) is 0 Å². The van der Waals surface area contributed by atoms with E-state index in [-0.39, 0.29) is 41.8 Å². The van der Waals surface area contributed by atoms with E-state index in [1.807, 2.05) is 6.92 Å². The number of hydrogen-bond acceptors (Lipinski definition) is 3. The summed E-state index contributed by atoms with van der Waals surface area (Å²) in [7, 11) is 0. The monoisotopic (exact) mass is 403 g/mol. The Morgan fingerprint density at radius 3 is 2.30 bits per heavy atom. The van der Waals surface area contributed by atoms with Gasteiger partial charge in [0.25, 0.3) is 0 Å². The summed E-state index contributed by atoms with van der Waals surface area (Å²) in [5.41, 5.74) is 0.00473. The predicted octanol–water partition coefficient (Wildman–Crippen LogP) is 3.20. The Morgan fingerprint density at radius 1 is 1.25 bits per heavy atom. The molecule has 0 bridgehead atoms. The largest absolute Gasteiger partial charge is 0.478 e. The van der Waals surface area contributed by atoms with E-state index in [9.17, 15) is 19.5 Å². The number of carboxylic acids is 1. The van der Waals surface area contributed by atoms with Gasteiger partial charge in [-0.1, -0.05) is 22.9 Å². The summed E-state index contributed by atoms with van der Waals surface area (Å²) in [6.07, 6.45) is 0.459. The maximum Gasteiger partial charge on any atom is 0.337 e. The molecule has 20 heavy (non-hydrogen) atoms. The van der Waals surface area contributed by atoms with Gasteiger partial charge in [-0.15, -0.1) is 0 Å². The average molecular weight is 405 g/mol. The van der Waals surface area contributed by atoms with E-state index in [1.54, 1.807) is 6.07 Å². The van der Waals surface area contributed by atoms with E-state index in [1.165, 1.54) is 6.07 Å². The minimum absolute atomic E-state index is 0.0197. The lowest BCUT2D eigenvalue weighted by atomic mass is 9.96. The molecule has 0 aromatic heterocycles. The van der Waals surface area contributed by atoms with Gasteiger partial charge >= 0.3 is 5.97 Å². The first-order chi connectivity index (χ1) is 9.31. The van der Waals surface area contributed by atoms with Gasteiger partial charge in [0.2, 0.25) is 11.8 Å². The van der Waals surface area contributed by atoms with Gasteiger partial charge < -0.3 is 5.11 Å². The number of hydrogen-bond donors (Lipinski definition) is 1. The third-order valence-corrected chi connectivity index (χ3v) is 4.09. The first-order valence-electron chi connectivity index (χ1n) is 5.89. The zero-order valence-corrected chi connectivity index (χ0v) is 13.7. The molecule has 106 valence electrons. The van der Waals surface area contributed by atoms with Crippen LogP contribution in [0.3, 0.4) is 0 Å². The van der Waals surface area contributed by atoms with E-state index in [4.69, 9.17) is 0 Å². The van der Waals surface area contributed by atoms with Crippen molar-refractivity contribution in [2.24, 2.45) is 5.92 Å². The quantitative estimate of drug-likeness (QED) is 0.768. The zero-order chi connectivity index (χ0) is 15.0. The number of anilines is 1. The van der Waals surface area contributed by atoms with Crippen LogP contribution < -0.4 is 4.90 Å². The molecule has 1 aliphatic heterocycles. The number of imide groups is 1. The number of nitrogens with zero attached hydrogens (tertiary/aromatic N) is 1. The highest BCUT2D eigenvalue weighted by molar-refractivity contribution is 9.11. The number of rotatable bonds is 2. The lowest BCUT2D eigenvalue weighted by Crippen LogP contribution is -2.43. The van der Waals surface area contributed by atoms with Crippen LogP contribution in [0.1, 0.15) is 30.1 Å². The summed E-state index contributed by atoms with van der Waals surface area (Å²) in [5, 5.41) is 9.28. The SMILES string of the molecule is CC1CC(=O)N(c2c(Br)cc(Br)cc2C(=O)O)C(=O)C1. The van der Waals surface area contributed by atoms with Gasteiger partial charge in [-0.25, -0.2) is 9.69 Å². The van der Waals surface area contributed by atoms with E-state index < -0.39 is 5.97 Å². The molecule has 0 aliphatic carbocycles. The van der Waals surface area contributed by atoms with Crippen molar-refractivity contribution in [3.05, 3.63) is 26.6 Å². The molecule has 5 nitrogen and oxygen atoms in total. The van der Waals surface area contributed by atoms with Gasteiger partial charge in [0, 0.05) is 21.8 Å². The molecule has 0 atom stereocenters. The van der Waals surface area contributed by atoms with Gasteiger partial charge in [0.15, 0.2) is 0 Å². The molecule has 1 aromatic rings. The van der Waals surface area contributed by atoms with Crippen molar-refractivity contribution in [1.29, 1.82) is 0 Å². The van der Waals surface area contributed by atoms with Crippen LogP contribution in [0.15, 0.2) is 21.1 Å². The minimum atomic E-state index is -1.19. The topological polar surface area (TPSA) is 74.7 Å². The molecule has 1 N–H and O–H groups in total. The first-order valence-corrected chi connectivity index (χ1v) is 7.48. The zero-order valence-electron chi connectivity index (χ0n) is 10.5. The molecule has 0 unspecified atom stereocenters. The molecule has 2 amide bonds. The Labute approximate surface area is 132 Å². The van der Waals surface area contributed by atoms with Gasteiger partial charge in [-0.2, -0.15) is 0 Å². The highest BCUT2D eigenvalue weighted by Gasteiger charge is 2.35. The smallest absolute Gasteiger partial charge is 0.337 e. The van der Waals surface area contributed by atoms with Crippen LogP contribution in [-0.2, 0) is 9.59 Å². The molecule has 0 spiro atoms. The Kier molecular flexibility index (Phi) is 4.29. The third kappa shape index (κ3) is 2.78. The summed E-state index contributed by atoms with van der Waals surface area (Å²) in [6.45, 7) is 1.82. The highest BCUT2D eigenvalue weighted by atomic mass is 79.9. The van der Waals surface area contributed by atoms with Crippen molar-refractivity contribution in [2.45, 2.75) is 19.8 Å². The highest BCUT2D eigenvalue weighted by Crippen LogP contribution is 2.36. The van der Waals surface area contributed by atoms with Crippen LogP contribution in [-0.4, -0.2) is 22.9 Å². The summed E-state index contributed by atoms with van der Waals surface area (Å²) >= 11 is 6.43. The average Bonchev–Trinajstić information content (AvgIpc) is 2.29. The molecule has 1 aliphatic rings. The van der Waals surface area contributed by atoms with Gasteiger partial charge in [-0.05, 0) is 34.0 Å². The molecule has 7 heteroatoms. The molecule has 1 aromatic carbocycles. The van der Waals surface area contributed by atoms with Crippen molar-refractivity contribution >= 4 is 55.3 Å². The number of amides is 2. The second-order valence-corrected chi connectivity index (χ2v) is 6.50. The van der Waals surface area contributed by atoms with Gasteiger partial charge in [0.1, 0.15) is 0 Å². The number of halogens is 2. The molecular formula is C13H11Br2NO4. The van der Waals surface area contributed by atoms with Crippen molar-refractivity contribution in [3.63, 3.8) is 0 Å². The normalized spacial score (nSPS) is 16.6. The van der Waals surface area contributed by atoms with Gasteiger partial charge in [-0.3, -0.25) is 9.59 Å². The fraction of sp³-hybridized carbons (Fsp3) is 0.308. The van der Waals surface area contributed by atoms with Crippen molar-refractivity contribution in [3.8, 4) is 0 Å². The standard InChI is InChI=1S/C13H11Br2NO4/c1-6-2-10(17)16(11(18)3-6)12-8(13(19)20)4-7(14)5-9(12)15/h4-6H,2-3H2,1H3,(H,19,20). The fourth-order valence-corrected chi connectivity index (χ4v) is 3.60. The van der Waals surface area contributed by atoms with Gasteiger partial charge in [0.05, 0.1) is 11.3 Å². The van der Waals surface area contributed by atoms with E-state index in [0.717, 1.165) is 4.90 Å². The Bertz CT molecular complexity index is 597. The maximum absolute atomic E-state index is 12.1. The number of benzene rings is 1. The summed E-state index contributed by atoms with van der Waals surface area (Å²) in [4.78, 5) is 36.5.